The van der Waals surface area contributed by atoms with Crippen molar-refractivity contribution in [1.29, 1.82) is 0 Å². The molecule has 2 aromatic rings. The van der Waals surface area contributed by atoms with E-state index in [0.29, 0.717) is 19.1 Å². The van der Waals surface area contributed by atoms with Crippen molar-refractivity contribution in [2.24, 2.45) is 11.7 Å². The molecule has 0 aromatic carbocycles. The summed E-state index contributed by atoms with van der Waals surface area (Å²) in [5.74, 6) is 0.721. The number of aromatic nitrogens is 2. The largest absolute Gasteiger partial charge is 0.329 e. The summed E-state index contributed by atoms with van der Waals surface area (Å²) in [5, 5.41) is 1.96. The van der Waals surface area contributed by atoms with Gasteiger partial charge in [0.05, 0.1) is 5.69 Å². The lowest BCUT2D eigenvalue weighted by Crippen LogP contribution is -2.39. The maximum Gasteiger partial charge on any atom is 0.259 e. The fraction of sp³-hybridized carbons (Fsp3) is 0.571. The molecule has 1 saturated carbocycles. The molecule has 1 aliphatic carbocycles. The van der Waals surface area contributed by atoms with Crippen LogP contribution in [0.2, 0.25) is 0 Å². The Morgan fingerprint density at radius 2 is 2.29 bits per heavy atom. The van der Waals surface area contributed by atoms with E-state index in [4.69, 9.17) is 5.73 Å². The maximum atomic E-state index is 12.1. The quantitative estimate of drug-likeness (QED) is 0.906. The molecule has 21 heavy (non-hydrogen) atoms. The Hall–Kier alpha value is -0.950. The zero-order valence-electron chi connectivity index (χ0n) is 12.3. The second-order valence-corrected chi connectivity index (χ2v) is 6.47. The topological polar surface area (TPSA) is 63.6 Å². The van der Waals surface area contributed by atoms with Crippen molar-refractivity contribution in [2.75, 3.05) is 13.6 Å². The van der Waals surface area contributed by atoms with Gasteiger partial charge in [-0.15, -0.1) is 23.7 Å². The Morgan fingerprint density at radius 1 is 1.57 bits per heavy atom. The third-order valence-electron chi connectivity index (χ3n) is 4.01. The Labute approximate surface area is 134 Å². The molecular weight excluding hydrogens is 308 g/mol. The van der Waals surface area contributed by atoms with Gasteiger partial charge in [0.25, 0.3) is 5.56 Å². The van der Waals surface area contributed by atoms with Gasteiger partial charge in [0.2, 0.25) is 0 Å². The van der Waals surface area contributed by atoms with Gasteiger partial charge in [0.1, 0.15) is 0 Å². The lowest BCUT2D eigenvalue weighted by atomic mass is 10.1. The highest BCUT2D eigenvalue weighted by Gasteiger charge is 2.32. The zero-order valence-corrected chi connectivity index (χ0v) is 13.9. The molecule has 1 atom stereocenters. The molecule has 2 aromatic heterocycles. The van der Waals surface area contributed by atoms with E-state index in [1.807, 2.05) is 12.3 Å². The number of halogens is 1. The number of hydrogen-bond donors (Lipinski definition) is 1. The van der Waals surface area contributed by atoms with Gasteiger partial charge in [-0.3, -0.25) is 14.1 Å². The number of hydrogen-bond acceptors (Lipinski definition) is 5. The van der Waals surface area contributed by atoms with Gasteiger partial charge < -0.3 is 5.73 Å². The minimum atomic E-state index is 0. The average Bonchev–Trinajstić information content (AvgIpc) is 3.14. The summed E-state index contributed by atoms with van der Waals surface area (Å²) in [5.41, 5.74) is 7.65. The molecule has 0 radical (unpaired) electrons. The highest BCUT2D eigenvalue weighted by atomic mass is 35.5. The molecule has 0 aliphatic heterocycles. The van der Waals surface area contributed by atoms with E-state index in [1.165, 1.54) is 24.2 Å². The number of likely N-dealkylation sites (N-methyl/N-ethyl adjacent to an activating group) is 1. The normalized spacial score (nSPS) is 16.2. The molecule has 0 saturated heterocycles. The summed E-state index contributed by atoms with van der Waals surface area (Å²) in [6.07, 6.45) is 2.54. The maximum absolute atomic E-state index is 12.1. The van der Waals surface area contributed by atoms with Gasteiger partial charge in [-0.25, -0.2) is 4.98 Å². The number of nitrogens with two attached hydrogens (primary N) is 1. The standard InChI is InChI=1S/C14H20N4OS.ClH/c1-9-8-20-14-16-11(5-13(19)18(9)14)7-17(2)12(6-15)10-3-4-10;/h5,8,10,12H,3-4,6-7,15H2,1-2H3;1H. The minimum Gasteiger partial charge on any atom is -0.329 e. The van der Waals surface area contributed by atoms with Crippen LogP contribution in [0.5, 0.6) is 0 Å². The van der Waals surface area contributed by atoms with Gasteiger partial charge in [-0.1, -0.05) is 0 Å². The van der Waals surface area contributed by atoms with Crippen molar-refractivity contribution in [1.82, 2.24) is 14.3 Å². The van der Waals surface area contributed by atoms with Crippen LogP contribution < -0.4 is 11.3 Å². The average molecular weight is 329 g/mol. The highest BCUT2D eigenvalue weighted by molar-refractivity contribution is 7.15. The van der Waals surface area contributed by atoms with E-state index in [2.05, 4.69) is 16.9 Å². The van der Waals surface area contributed by atoms with E-state index in [0.717, 1.165) is 22.3 Å². The van der Waals surface area contributed by atoms with Crippen molar-refractivity contribution in [3.05, 3.63) is 33.2 Å². The van der Waals surface area contributed by atoms with E-state index in [1.54, 1.807) is 10.5 Å². The number of nitrogens with zero attached hydrogens (tertiary/aromatic N) is 3. The lowest BCUT2D eigenvalue weighted by molar-refractivity contribution is 0.213. The SMILES string of the molecule is Cc1csc2nc(CN(C)C(CN)C3CC3)cc(=O)n12.Cl. The van der Waals surface area contributed by atoms with Crippen LogP contribution in [0.1, 0.15) is 24.2 Å². The second kappa shape index (κ2) is 6.44. The van der Waals surface area contributed by atoms with Crippen LogP contribution >= 0.6 is 23.7 Å². The Kier molecular flexibility index (Phi) is 5.03. The highest BCUT2D eigenvalue weighted by Crippen LogP contribution is 2.34. The van der Waals surface area contributed by atoms with Crippen LogP contribution in [0.15, 0.2) is 16.2 Å². The van der Waals surface area contributed by atoms with Gasteiger partial charge in [-0.2, -0.15) is 0 Å². The van der Waals surface area contributed by atoms with Crippen molar-refractivity contribution < 1.29 is 0 Å². The monoisotopic (exact) mass is 328 g/mol. The van der Waals surface area contributed by atoms with Crippen molar-refractivity contribution in [3.8, 4) is 0 Å². The molecule has 0 amide bonds. The second-order valence-electron chi connectivity index (χ2n) is 5.64. The van der Waals surface area contributed by atoms with E-state index in [9.17, 15) is 4.79 Å². The van der Waals surface area contributed by atoms with Crippen LogP contribution in [0.3, 0.4) is 0 Å². The third kappa shape index (κ3) is 3.29. The van der Waals surface area contributed by atoms with E-state index >= 15 is 0 Å². The van der Waals surface area contributed by atoms with Crippen LogP contribution in [-0.4, -0.2) is 33.9 Å². The first-order valence-electron chi connectivity index (χ1n) is 6.97. The van der Waals surface area contributed by atoms with Crippen molar-refractivity contribution in [3.63, 3.8) is 0 Å². The fourth-order valence-corrected chi connectivity index (χ4v) is 3.66. The first-order chi connectivity index (χ1) is 9.60. The van der Waals surface area contributed by atoms with Gasteiger partial charge in [0.15, 0.2) is 4.96 Å². The Morgan fingerprint density at radius 3 is 2.90 bits per heavy atom. The summed E-state index contributed by atoms with van der Waals surface area (Å²) >= 11 is 1.51. The smallest absolute Gasteiger partial charge is 0.259 e. The zero-order chi connectivity index (χ0) is 14.3. The first kappa shape index (κ1) is 16.4. The fourth-order valence-electron chi connectivity index (χ4n) is 2.77. The molecule has 3 rings (SSSR count). The van der Waals surface area contributed by atoms with E-state index < -0.39 is 0 Å². The number of rotatable bonds is 5. The predicted octanol–water partition coefficient (Wildman–Crippen LogP) is 1.66. The number of thiazole rings is 1. The Bertz CT molecular complexity index is 679. The van der Waals surface area contributed by atoms with Gasteiger partial charge in [0, 0.05) is 36.3 Å². The summed E-state index contributed by atoms with van der Waals surface area (Å²) in [4.78, 5) is 19.7. The van der Waals surface area contributed by atoms with E-state index in [-0.39, 0.29) is 18.0 Å². The summed E-state index contributed by atoms with van der Waals surface area (Å²) in [6.45, 7) is 3.28. The molecule has 7 heteroatoms. The van der Waals surface area contributed by atoms with Crippen molar-refractivity contribution >= 4 is 28.7 Å². The van der Waals surface area contributed by atoms with Crippen molar-refractivity contribution in [2.45, 2.75) is 32.4 Å². The van der Waals surface area contributed by atoms with Gasteiger partial charge >= 0.3 is 0 Å². The molecule has 1 fully saturated rings. The molecule has 2 heterocycles. The minimum absolute atomic E-state index is 0. The van der Waals surface area contributed by atoms with Gasteiger partial charge in [-0.05, 0) is 32.7 Å². The summed E-state index contributed by atoms with van der Waals surface area (Å²) in [7, 11) is 2.07. The molecule has 2 N–H and O–H groups in total. The molecule has 0 spiro atoms. The predicted molar refractivity (Wildman–Crippen MR) is 88.4 cm³/mol. The molecule has 5 nitrogen and oxygen atoms in total. The Balaban J connectivity index is 0.00000161. The van der Waals surface area contributed by atoms with Crippen LogP contribution in [0.25, 0.3) is 4.96 Å². The molecule has 1 aliphatic rings. The van der Waals surface area contributed by atoms with Crippen LogP contribution in [0.4, 0.5) is 0 Å². The van der Waals surface area contributed by atoms with Crippen LogP contribution in [-0.2, 0) is 6.54 Å². The molecular formula is C14H21ClN4OS. The summed E-state index contributed by atoms with van der Waals surface area (Å²) < 4.78 is 1.66. The lowest BCUT2D eigenvalue weighted by Gasteiger charge is -2.26. The van der Waals surface area contributed by atoms with Crippen LogP contribution in [0, 0.1) is 12.8 Å². The molecule has 0 bridgehead atoms. The number of fused-ring (bicyclic) bond motifs is 1. The number of aryl methyl sites for hydroxylation is 1. The molecule has 116 valence electrons. The third-order valence-corrected chi connectivity index (χ3v) is 4.96. The summed E-state index contributed by atoms with van der Waals surface area (Å²) in [6, 6.07) is 2.05. The first-order valence-corrected chi connectivity index (χ1v) is 7.85. The molecule has 1 unspecified atom stereocenters.